The third kappa shape index (κ3) is 2.88. The average molecular weight is 242 g/mol. The first-order valence-electron chi connectivity index (χ1n) is 3.95. The summed E-state index contributed by atoms with van der Waals surface area (Å²) in [6, 6.07) is 0. The summed E-state index contributed by atoms with van der Waals surface area (Å²) in [6.07, 6.45) is -7.32. The van der Waals surface area contributed by atoms with Crippen molar-refractivity contribution in [1.82, 2.24) is 4.98 Å². The van der Waals surface area contributed by atoms with Crippen molar-refractivity contribution in [2.45, 2.75) is 18.4 Å². The van der Waals surface area contributed by atoms with Crippen LogP contribution in [0.2, 0.25) is 0 Å². The van der Waals surface area contributed by atoms with Gasteiger partial charge in [0.1, 0.15) is 11.1 Å². The molecule has 86 valence electrons. The largest absolute Gasteiger partial charge is 0.434 e. The molecule has 0 bridgehead atoms. The molecule has 4 nitrogen and oxygen atoms in total. The van der Waals surface area contributed by atoms with E-state index in [1.165, 1.54) is 0 Å². The SMILES string of the molecule is NCC(O)C(O)c1nc(C(F)(F)F)cs1. The quantitative estimate of drug-likeness (QED) is 0.721. The Bertz CT molecular complexity index is 328. The van der Waals surface area contributed by atoms with Crippen molar-refractivity contribution in [1.29, 1.82) is 0 Å². The van der Waals surface area contributed by atoms with Crippen LogP contribution in [-0.2, 0) is 6.18 Å². The number of halogens is 3. The summed E-state index contributed by atoms with van der Waals surface area (Å²) < 4.78 is 36.4. The fraction of sp³-hybridized carbons (Fsp3) is 0.571. The molecular formula is C7H9F3N2O2S. The van der Waals surface area contributed by atoms with E-state index >= 15 is 0 Å². The maximum atomic E-state index is 12.1. The standard InChI is InChI=1S/C7H9F3N2O2S/c8-7(9,10)4-2-15-6(12-4)5(14)3(13)1-11/h2-3,5,13-14H,1,11H2. The second kappa shape index (κ2) is 4.44. The van der Waals surface area contributed by atoms with Crippen LogP contribution in [0.25, 0.3) is 0 Å². The number of nitrogens with two attached hydrogens (primary N) is 1. The van der Waals surface area contributed by atoms with Crippen molar-refractivity contribution in [3.63, 3.8) is 0 Å². The van der Waals surface area contributed by atoms with Gasteiger partial charge >= 0.3 is 6.18 Å². The Labute approximate surface area is 87.2 Å². The van der Waals surface area contributed by atoms with E-state index in [4.69, 9.17) is 10.8 Å². The molecule has 0 aliphatic carbocycles. The number of thiazole rings is 1. The van der Waals surface area contributed by atoms with Crippen molar-refractivity contribution in [2.24, 2.45) is 5.73 Å². The molecule has 0 aliphatic rings. The van der Waals surface area contributed by atoms with E-state index in [1.807, 2.05) is 0 Å². The Hall–Kier alpha value is -0.700. The van der Waals surface area contributed by atoms with E-state index in [9.17, 15) is 18.3 Å². The van der Waals surface area contributed by atoms with Crippen LogP contribution in [0.1, 0.15) is 16.8 Å². The number of nitrogens with zero attached hydrogens (tertiary/aromatic N) is 1. The summed E-state index contributed by atoms with van der Waals surface area (Å²) >= 11 is 0.632. The minimum atomic E-state index is -4.54. The Morgan fingerprint density at radius 1 is 1.47 bits per heavy atom. The van der Waals surface area contributed by atoms with Gasteiger partial charge in [0.15, 0.2) is 5.69 Å². The summed E-state index contributed by atoms with van der Waals surface area (Å²) in [7, 11) is 0. The molecule has 0 amide bonds. The van der Waals surface area contributed by atoms with E-state index < -0.39 is 24.1 Å². The van der Waals surface area contributed by atoms with E-state index in [0.717, 1.165) is 5.38 Å². The number of aromatic nitrogens is 1. The van der Waals surface area contributed by atoms with Crippen LogP contribution in [0.4, 0.5) is 13.2 Å². The second-order valence-electron chi connectivity index (χ2n) is 2.82. The predicted molar refractivity (Wildman–Crippen MR) is 47.1 cm³/mol. The lowest BCUT2D eigenvalue weighted by atomic mass is 10.2. The first-order valence-corrected chi connectivity index (χ1v) is 4.83. The molecule has 0 aromatic carbocycles. The molecule has 0 radical (unpaired) electrons. The van der Waals surface area contributed by atoms with Crippen molar-refractivity contribution in [3.05, 3.63) is 16.1 Å². The fourth-order valence-corrected chi connectivity index (χ4v) is 1.71. The lowest BCUT2D eigenvalue weighted by Gasteiger charge is -2.12. The highest BCUT2D eigenvalue weighted by Crippen LogP contribution is 2.32. The van der Waals surface area contributed by atoms with Gasteiger partial charge in [-0.3, -0.25) is 0 Å². The molecule has 1 aromatic heterocycles. The molecule has 1 rings (SSSR count). The fourth-order valence-electron chi connectivity index (χ4n) is 0.847. The highest BCUT2D eigenvalue weighted by molar-refractivity contribution is 7.09. The van der Waals surface area contributed by atoms with Gasteiger partial charge in [-0.1, -0.05) is 0 Å². The summed E-state index contributed by atoms with van der Waals surface area (Å²) in [4.78, 5) is 3.18. The van der Waals surface area contributed by atoms with Gasteiger partial charge in [0.2, 0.25) is 0 Å². The highest BCUT2D eigenvalue weighted by Gasteiger charge is 2.35. The topological polar surface area (TPSA) is 79.4 Å². The molecule has 0 saturated carbocycles. The van der Waals surface area contributed by atoms with Crippen LogP contribution in [0.3, 0.4) is 0 Å². The lowest BCUT2D eigenvalue weighted by Crippen LogP contribution is -2.27. The smallest absolute Gasteiger partial charge is 0.389 e. The van der Waals surface area contributed by atoms with Gasteiger partial charge in [0.05, 0.1) is 6.10 Å². The van der Waals surface area contributed by atoms with Crippen LogP contribution >= 0.6 is 11.3 Å². The van der Waals surface area contributed by atoms with E-state index in [2.05, 4.69) is 4.98 Å². The Balaban J connectivity index is 2.85. The van der Waals surface area contributed by atoms with Gasteiger partial charge < -0.3 is 15.9 Å². The van der Waals surface area contributed by atoms with Crippen LogP contribution in [0.5, 0.6) is 0 Å². The molecule has 15 heavy (non-hydrogen) atoms. The van der Waals surface area contributed by atoms with Crippen molar-refractivity contribution < 1.29 is 23.4 Å². The van der Waals surface area contributed by atoms with Crippen molar-refractivity contribution in [3.8, 4) is 0 Å². The zero-order chi connectivity index (χ0) is 11.6. The monoisotopic (exact) mass is 242 g/mol. The third-order valence-electron chi connectivity index (χ3n) is 1.67. The number of rotatable bonds is 3. The molecule has 8 heteroatoms. The highest BCUT2D eigenvalue weighted by atomic mass is 32.1. The molecule has 0 saturated heterocycles. The Morgan fingerprint density at radius 2 is 2.07 bits per heavy atom. The number of aliphatic hydroxyl groups excluding tert-OH is 2. The normalized spacial score (nSPS) is 16.4. The first-order chi connectivity index (χ1) is 6.86. The molecule has 0 aliphatic heterocycles. The van der Waals surface area contributed by atoms with Gasteiger partial charge in [-0.15, -0.1) is 11.3 Å². The molecule has 4 N–H and O–H groups in total. The lowest BCUT2D eigenvalue weighted by molar-refractivity contribution is -0.141. The summed E-state index contributed by atoms with van der Waals surface area (Å²) in [6.45, 7) is -0.248. The first kappa shape index (κ1) is 12.4. The number of aliphatic hydroxyl groups is 2. The minimum Gasteiger partial charge on any atom is -0.389 e. The third-order valence-corrected chi connectivity index (χ3v) is 2.59. The Morgan fingerprint density at radius 3 is 2.47 bits per heavy atom. The number of alkyl halides is 3. The second-order valence-corrected chi connectivity index (χ2v) is 3.71. The van der Waals surface area contributed by atoms with Crippen LogP contribution in [0.15, 0.2) is 5.38 Å². The molecule has 1 aromatic rings. The van der Waals surface area contributed by atoms with E-state index in [0.29, 0.717) is 11.3 Å². The van der Waals surface area contributed by atoms with Gasteiger partial charge in [-0.25, -0.2) is 4.98 Å². The zero-order valence-corrected chi connectivity index (χ0v) is 8.22. The number of hydrogen-bond donors (Lipinski definition) is 3. The molecule has 0 spiro atoms. The molecule has 0 fully saturated rings. The van der Waals surface area contributed by atoms with Crippen molar-refractivity contribution >= 4 is 11.3 Å². The molecule has 1 heterocycles. The van der Waals surface area contributed by atoms with Gasteiger partial charge in [0.25, 0.3) is 0 Å². The van der Waals surface area contributed by atoms with Crippen LogP contribution in [-0.4, -0.2) is 27.8 Å². The number of hydrogen-bond acceptors (Lipinski definition) is 5. The summed E-state index contributed by atoms with van der Waals surface area (Å²) in [5, 5.41) is 19.0. The van der Waals surface area contributed by atoms with Crippen molar-refractivity contribution in [2.75, 3.05) is 6.54 Å². The predicted octanol–water partition coefficient (Wildman–Crippen LogP) is 0.515. The van der Waals surface area contributed by atoms with Gasteiger partial charge in [-0.05, 0) is 0 Å². The van der Waals surface area contributed by atoms with Gasteiger partial charge in [0, 0.05) is 11.9 Å². The summed E-state index contributed by atoms with van der Waals surface area (Å²) in [5.41, 5.74) is 3.97. The molecule has 2 atom stereocenters. The maximum Gasteiger partial charge on any atom is 0.434 e. The van der Waals surface area contributed by atoms with Gasteiger partial charge in [-0.2, -0.15) is 13.2 Å². The van der Waals surface area contributed by atoms with Crippen LogP contribution in [0, 0.1) is 0 Å². The Kier molecular flexibility index (Phi) is 3.66. The summed E-state index contributed by atoms with van der Waals surface area (Å²) in [5.74, 6) is 0. The minimum absolute atomic E-state index is 0.194. The van der Waals surface area contributed by atoms with Crippen LogP contribution < -0.4 is 5.73 Å². The molecule has 2 unspecified atom stereocenters. The van der Waals surface area contributed by atoms with E-state index in [1.54, 1.807) is 0 Å². The maximum absolute atomic E-state index is 12.1. The zero-order valence-electron chi connectivity index (χ0n) is 7.40. The van der Waals surface area contributed by atoms with E-state index in [-0.39, 0.29) is 11.6 Å². The average Bonchev–Trinajstić information content (AvgIpc) is 2.63. The molecular weight excluding hydrogens is 233 g/mol.